The predicted octanol–water partition coefficient (Wildman–Crippen LogP) is 4.36. The van der Waals surface area contributed by atoms with Gasteiger partial charge in [-0.1, -0.05) is 28.1 Å². The lowest BCUT2D eigenvalue weighted by Crippen LogP contribution is -2.18. The molecular formula is C19H16BrFN4O. The largest absolute Gasteiger partial charge is 0.289 e. The van der Waals surface area contributed by atoms with Crippen molar-refractivity contribution in [2.24, 2.45) is 5.10 Å². The summed E-state index contributed by atoms with van der Waals surface area (Å²) < 4.78 is 14.3. The molecule has 3 rings (SSSR count). The number of aryl methyl sites for hydroxylation is 2. The smallest absolute Gasteiger partial charge is 0.272 e. The van der Waals surface area contributed by atoms with Gasteiger partial charge in [0.05, 0.1) is 11.9 Å². The number of hydrazone groups is 1. The molecule has 0 spiro atoms. The lowest BCUT2D eigenvalue weighted by atomic mass is 10.0. The van der Waals surface area contributed by atoms with Gasteiger partial charge in [0, 0.05) is 15.6 Å². The van der Waals surface area contributed by atoms with E-state index in [0.29, 0.717) is 5.69 Å². The zero-order chi connectivity index (χ0) is 18.7. The second-order valence-electron chi connectivity index (χ2n) is 5.83. The van der Waals surface area contributed by atoms with E-state index in [1.165, 1.54) is 17.8 Å². The maximum Gasteiger partial charge on any atom is 0.289 e. The molecule has 1 heterocycles. The van der Waals surface area contributed by atoms with Crippen LogP contribution in [0.25, 0.3) is 11.3 Å². The van der Waals surface area contributed by atoms with Crippen molar-refractivity contribution in [2.45, 2.75) is 13.8 Å². The Kier molecular flexibility index (Phi) is 5.27. The number of hydrogen-bond donors (Lipinski definition) is 2. The fourth-order valence-corrected chi connectivity index (χ4v) is 2.70. The number of aromatic amines is 1. The van der Waals surface area contributed by atoms with E-state index in [0.717, 1.165) is 15.6 Å². The lowest BCUT2D eigenvalue weighted by Gasteiger charge is -2.01. The first-order valence-electron chi connectivity index (χ1n) is 7.85. The molecule has 0 saturated carbocycles. The molecule has 5 nitrogen and oxygen atoms in total. The monoisotopic (exact) mass is 414 g/mol. The van der Waals surface area contributed by atoms with Gasteiger partial charge in [-0.25, -0.2) is 9.82 Å². The molecule has 2 N–H and O–H groups in total. The number of rotatable bonds is 4. The first-order valence-corrected chi connectivity index (χ1v) is 8.65. The molecule has 0 aliphatic carbocycles. The number of benzene rings is 2. The van der Waals surface area contributed by atoms with Gasteiger partial charge < -0.3 is 0 Å². The summed E-state index contributed by atoms with van der Waals surface area (Å²) in [5, 5.41) is 10.7. The summed E-state index contributed by atoms with van der Waals surface area (Å²) in [5.74, 6) is -0.885. The molecule has 0 radical (unpaired) electrons. The van der Waals surface area contributed by atoms with E-state index < -0.39 is 11.7 Å². The highest BCUT2D eigenvalue weighted by Crippen LogP contribution is 2.21. The van der Waals surface area contributed by atoms with Gasteiger partial charge in [-0.05, 0) is 55.3 Å². The summed E-state index contributed by atoms with van der Waals surface area (Å²) >= 11 is 3.26. The highest BCUT2D eigenvalue weighted by molar-refractivity contribution is 9.10. The summed E-state index contributed by atoms with van der Waals surface area (Å²) in [5.41, 5.74) is 6.82. The van der Waals surface area contributed by atoms with Gasteiger partial charge in [0.1, 0.15) is 11.5 Å². The van der Waals surface area contributed by atoms with E-state index in [-0.39, 0.29) is 11.3 Å². The van der Waals surface area contributed by atoms with Crippen molar-refractivity contribution in [3.63, 3.8) is 0 Å². The van der Waals surface area contributed by atoms with Gasteiger partial charge in [0.15, 0.2) is 0 Å². The van der Waals surface area contributed by atoms with Gasteiger partial charge in [0.25, 0.3) is 5.91 Å². The number of carbonyl (C=O) groups excluding carboxylic acids is 1. The number of nitrogens with zero attached hydrogens (tertiary/aromatic N) is 2. The van der Waals surface area contributed by atoms with Crippen LogP contribution in [0.15, 0.2) is 52.0 Å². The molecule has 1 aromatic heterocycles. The second kappa shape index (κ2) is 7.61. The Morgan fingerprint density at radius 2 is 2.00 bits per heavy atom. The first kappa shape index (κ1) is 18.0. The van der Waals surface area contributed by atoms with E-state index in [4.69, 9.17) is 0 Å². The summed E-state index contributed by atoms with van der Waals surface area (Å²) in [7, 11) is 0. The van der Waals surface area contributed by atoms with E-state index in [9.17, 15) is 9.18 Å². The van der Waals surface area contributed by atoms with Gasteiger partial charge in [-0.2, -0.15) is 10.2 Å². The number of halogens is 2. The van der Waals surface area contributed by atoms with Crippen molar-refractivity contribution in [1.82, 2.24) is 15.6 Å². The van der Waals surface area contributed by atoms with Crippen molar-refractivity contribution in [3.05, 3.63) is 75.1 Å². The first-order chi connectivity index (χ1) is 12.4. The quantitative estimate of drug-likeness (QED) is 0.491. The summed E-state index contributed by atoms with van der Waals surface area (Å²) in [6.45, 7) is 4.06. The predicted molar refractivity (Wildman–Crippen MR) is 103 cm³/mol. The zero-order valence-corrected chi connectivity index (χ0v) is 15.8. The molecule has 132 valence electrons. The molecule has 0 saturated heterocycles. The standard InChI is InChI=1S/C19H16BrFN4O/c1-11-3-4-13(7-12(11)2)17-9-18(24-23-17)19(26)25-22-10-14-8-15(20)5-6-16(14)21/h3-10H,1-2H3,(H,23,24)(H,25,26)/b22-10-. The fourth-order valence-electron chi connectivity index (χ4n) is 2.32. The maximum absolute atomic E-state index is 13.6. The highest BCUT2D eigenvalue weighted by atomic mass is 79.9. The lowest BCUT2D eigenvalue weighted by molar-refractivity contribution is 0.0950. The number of carbonyl (C=O) groups is 1. The van der Waals surface area contributed by atoms with Crippen LogP contribution in [0, 0.1) is 19.7 Å². The van der Waals surface area contributed by atoms with Crippen LogP contribution in [0.2, 0.25) is 0 Å². The minimum Gasteiger partial charge on any atom is -0.272 e. The topological polar surface area (TPSA) is 70.1 Å². The number of H-pyrrole nitrogens is 1. The van der Waals surface area contributed by atoms with E-state index in [2.05, 4.69) is 36.7 Å². The molecule has 1 amide bonds. The number of amides is 1. The molecule has 0 aliphatic rings. The Hall–Kier alpha value is -2.80. The van der Waals surface area contributed by atoms with Crippen molar-refractivity contribution >= 4 is 28.1 Å². The summed E-state index contributed by atoms with van der Waals surface area (Å²) in [6.07, 6.45) is 1.25. The van der Waals surface area contributed by atoms with Gasteiger partial charge in [-0.15, -0.1) is 0 Å². The summed E-state index contributed by atoms with van der Waals surface area (Å²) in [4.78, 5) is 12.2. The molecule has 2 aromatic carbocycles. The van der Waals surface area contributed by atoms with E-state index in [1.54, 1.807) is 18.2 Å². The molecule has 0 atom stereocenters. The molecule has 3 aromatic rings. The zero-order valence-electron chi connectivity index (χ0n) is 14.2. The normalized spacial score (nSPS) is 11.1. The number of nitrogens with one attached hydrogen (secondary N) is 2. The van der Waals surface area contributed by atoms with Crippen LogP contribution in [-0.4, -0.2) is 22.3 Å². The molecule has 7 heteroatoms. The van der Waals surface area contributed by atoms with Crippen molar-refractivity contribution in [2.75, 3.05) is 0 Å². The van der Waals surface area contributed by atoms with Crippen molar-refractivity contribution in [1.29, 1.82) is 0 Å². The number of hydrogen-bond acceptors (Lipinski definition) is 3. The molecule has 0 aliphatic heterocycles. The molecule has 0 unspecified atom stereocenters. The van der Waals surface area contributed by atoms with E-state index in [1.807, 2.05) is 32.0 Å². The average Bonchev–Trinajstić information content (AvgIpc) is 3.10. The SMILES string of the molecule is Cc1ccc(-c2cc(C(=O)N/N=C\c3cc(Br)ccc3F)[nH]n2)cc1C. The minimum absolute atomic E-state index is 0.264. The third kappa shape index (κ3) is 4.05. The fraction of sp³-hybridized carbons (Fsp3) is 0.105. The Morgan fingerprint density at radius 1 is 1.19 bits per heavy atom. The molecule has 0 fully saturated rings. The van der Waals surface area contributed by atoms with Gasteiger partial charge >= 0.3 is 0 Å². The average molecular weight is 415 g/mol. The van der Waals surface area contributed by atoms with Crippen LogP contribution in [0.1, 0.15) is 27.2 Å². The van der Waals surface area contributed by atoms with Gasteiger partial charge in [0.2, 0.25) is 0 Å². The highest BCUT2D eigenvalue weighted by Gasteiger charge is 2.11. The Balaban J connectivity index is 1.71. The van der Waals surface area contributed by atoms with Crippen LogP contribution in [0.4, 0.5) is 4.39 Å². The maximum atomic E-state index is 13.6. The Morgan fingerprint density at radius 3 is 2.77 bits per heavy atom. The van der Waals surface area contributed by atoms with Crippen molar-refractivity contribution < 1.29 is 9.18 Å². The van der Waals surface area contributed by atoms with Crippen molar-refractivity contribution in [3.8, 4) is 11.3 Å². The third-order valence-corrected chi connectivity index (χ3v) is 4.45. The van der Waals surface area contributed by atoms with E-state index >= 15 is 0 Å². The second-order valence-corrected chi connectivity index (χ2v) is 6.75. The molecule has 26 heavy (non-hydrogen) atoms. The van der Waals surface area contributed by atoms with Gasteiger partial charge in [-0.3, -0.25) is 9.89 Å². The third-order valence-electron chi connectivity index (χ3n) is 3.95. The van der Waals surface area contributed by atoms with Crippen LogP contribution >= 0.6 is 15.9 Å². The number of aromatic nitrogens is 2. The Labute approximate surface area is 158 Å². The Bertz CT molecular complexity index is 997. The molecular weight excluding hydrogens is 399 g/mol. The molecule has 0 bridgehead atoms. The van der Waals surface area contributed by atoms with Crippen LogP contribution in [0.3, 0.4) is 0 Å². The minimum atomic E-state index is -0.459. The van der Waals surface area contributed by atoms with Crippen LogP contribution in [0.5, 0.6) is 0 Å². The van der Waals surface area contributed by atoms with Crippen LogP contribution < -0.4 is 5.43 Å². The summed E-state index contributed by atoms with van der Waals surface area (Å²) in [6, 6.07) is 12.1. The van der Waals surface area contributed by atoms with Crippen LogP contribution in [-0.2, 0) is 0 Å².